The van der Waals surface area contributed by atoms with Crippen LogP contribution in [0.5, 0.6) is 0 Å². The van der Waals surface area contributed by atoms with E-state index in [9.17, 15) is 5.11 Å². The van der Waals surface area contributed by atoms with E-state index in [4.69, 9.17) is 4.74 Å². The summed E-state index contributed by atoms with van der Waals surface area (Å²) in [6, 6.07) is 9.78. The van der Waals surface area contributed by atoms with Gasteiger partial charge in [0.25, 0.3) is 0 Å². The van der Waals surface area contributed by atoms with Gasteiger partial charge in [0, 0.05) is 24.8 Å². The molecule has 0 aliphatic carbocycles. The second kappa shape index (κ2) is 5.98. The minimum Gasteiger partial charge on any atom is -0.392 e. The highest BCUT2D eigenvalue weighted by atomic mass is 16.5. The fraction of sp³-hybridized carbons (Fsp3) is 0.294. The van der Waals surface area contributed by atoms with Gasteiger partial charge in [-0.1, -0.05) is 24.3 Å². The Balaban J connectivity index is 1.84. The average molecular weight is 310 g/mol. The Morgan fingerprint density at radius 3 is 2.74 bits per heavy atom. The predicted molar refractivity (Wildman–Crippen MR) is 87.4 cm³/mol. The van der Waals surface area contributed by atoms with Crippen LogP contribution in [0.25, 0.3) is 16.8 Å². The van der Waals surface area contributed by atoms with Crippen LogP contribution in [0.15, 0.2) is 42.7 Å². The Bertz CT molecular complexity index is 824. The summed E-state index contributed by atoms with van der Waals surface area (Å²) in [6.07, 6.45) is 3.63. The summed E-state index contributed by atoms with van der Waals surface area (Å²) < 4.78 is 7.29. The molecule has 2 aromatic heterocycles. The van der Waals surface area contributed by atoms with Gasteiger partial charge in [-0.25, -0.2) is 4.98 Å². The van der Waals surface area contributed by atoms with Crippen LogP contribution in [-0.2, 0) is 11.3 Å². The highest BCUT2D eigenvalue weighted by Gasteiger charge is 2.18. The Hall–Kier alpha value is -2.44. The van der Waals surface area contributed by atoms with Crippen molar-refractivity contribution in [1.82, 2.24) is 14.6 Å². The van der Waals surface area contributed by atoms with Crippen LogP contribution in [0.1, 0.15) is 5.56 Å². The van der Waals surface area contributed by atoms with Crippen LogP contribution >= 0.6 is 0 Å². The maximum absolute atomic E-state index is 9.58. The minimum atomic E-state index is -0.00331. The van der Waals surface area contributed by atoms with Crippen LogP contribution < -0.4 is 4.90 Å². The number of nitrogens with zero attached hydrogens (tertiary/aromatic N) is 4. The molecule has 6 heteroatoms. The maximum atomic E-state index is 9.58. The van der Waals surface area contributed by atoms with Gasteiger partial charge in [0.1, 0.15) is 5.82 Å². The molecule has 0 atom stereocenters. The number of anilines is 1. The quantitative estimate of drug-likeness (QED) is 0.798. The summed E-state index contributed by atoms with van der Waals surface area (Å²) in [4.78, 5) is 6.77. The number of fused-ring (bicyclic) bond motifs is 1. The zero-order chi connectivity index (χ0) is 15.6. The van der Waals surface area contributed by atoms with Crippen LogP contribution in [0.4, 0.5) is 5.82 Å². The zero-order valence-corrected chi connectivity index (χ0v) is 12.7. The van der Waals surface area contributed by atoms with E-state index in [1.807, 2.05) is 47.2 Å². The Kier molecular flexibility index (Phi) is 3.69. The third-order valence-corrected chi connectivity index (χ3v) is 4.19. The number of hydrogen-bond donors (Lipinski definition) is 1. The van der Waals surface area contributed by atoms with E-state index in [-0.39, 0.29) is 6.61 Å². The zero-order valence-electron chi connectivity index (χ0n) is 12.7. The highest BCUT2D eigenvalue weighted by molar-refractivity contribution is 5.80. The largest absolute Gasteiger partial charge is 0.392 e. The maximum Gasteiger partial charge on any atom is 0.165 e. The van der Waals surface area contributed by atoms with E-state index in [2.05, 4.69) is 15.0 Å². The summed E-state index contributed by atoms with van der Waals surface area (Å²) in [5.41, 5.74) is 3.58. The number of rotatable bonds is 3. The number of ether oxygens (including phenoxy) is 1. The summed E-state index contributed by atoms with van der Waals surface area (Å²) in [5.74, 6) is 1.02. The molecule has 1 N–H and O–H groups in total. The predicted octanol–water partition coefficient (Wildman–Crippen LogP) is 1.73. The lowest BCUT2D eigenvalue weighted by Gasteiger charge is -2.28. The number of morpholine rings is 1. The normalized spacial score (nSPS) is 15.3. The molecular weight excluding hydrogens is 292 g/mol. The van der Waals surface area contributed by atoms with Gasteiger partial charge >= 0.3 is 0 Å². The van der Waals surface area contributed by atoms with Crippen molar-refractivity contribution in [3.05, 3.63) is 48.3 Å². The second-order valence-electron chi connectivity index (χ2n) is 5.51. The molecule has 1 aromatic carbocycles. The van der Waals surface area contributed by atoms with Gasteiger partial charge in [0.05, 0.1) is 26.0 Å². The first-order chi connectivity index (χ1) is 11.4. The summed E-state index contributed by atoms with van der Waals surface area (Å²) in [5, 5.41) is 14.1. The molecule has 0 radical (unpaired) electrons. The van der Waals surface area contributed by atoms with Crippen LogP contribution in [0.2, 0.25) is 0 Å². The van der Waals surface area contributed by atoms with E-state index < -0.39 is 0 Å². The third kappa shape index (κ3) is 2.46. The van der Waals surface area contributed by atoms with Gasteiger partial charge in [0.15, 0.2) is 5.65 Å². The topological polar surface area (TPSA) is 62.9 Å². The van der Waals surface area contributed by atoms with Gasteiger partial charge in [-0.2, -0.15) is 9.61 Å². The van der Waals surface area contributed by atoms with Gasteiger partial charge in [-0.3, -0.25) is 0 Å². The smallest absolute Gasteiger partial charge is 0.165 e. The van der Waals surface area contributed by atoms with Crippen LogP contribution in [0.3, 0.4) is 0 Å². The molecule has 0 saturated carbocycles. The molecular formula is C17H18N4O2. The molecule has 3 heterocycles. The van der Waals surface area contributed by atoms with Crippen molar-refractivity contribution >= 4 is 11.5 Å². The molecule has 0 amide bonds. The van der Waals surface area contributed by atoms with Crippen molar-refractivity contribution in [1.29, 1.82) is 0 Å². The standard InChI is InChI=1S/C17H18N4O2/c22-12-13-3-1-2-4-14(13)15-11-19-21-16(5-6-18-17(15)21)20-7-9-23-10-8-20/h1-6,11,22H,7-10,12H2. The van der Waals surface area contributed by atoms with Gasteiger partial charge in [-0.05, 0) is 17.2 Å². The molecule has 6 nitrogen and oxygen atoms in total. The molecule has 4 rings (SSSR count). The van der Waals surface area contributed by atoms with Gasteiger partial charge < -0.3 is 14.7 Å². The Labute approximate surface area is 134 Å². The van der Waals surface area contributed by atoms with Crippen molar-refractivity contribution < 1.29 is 9.84 Å². The molecule has 1 saturated heterocycles. The van der Waals surface area contributed by atoms with E-state index in [0.717, 1.165) is 54.5 Å². The number of aromatic nitrogens is 3. The van der Waals surface area contributed by atoms with Gasteiger partial charge in [-0.15, -0.1) is 0 Å². The Morgan fingerprint density at radius 1 is 1.09 bits per heavy atom. The fourth-order valence-electron chi connectivity index (χ4n) is 3.02. The molecule has 0 unspecified atom stereocenters. The first kappa shape index (κ1) is 14.2. The number of aliphatic hydroxyl groups excluding tert-OH is 1. The lowest BCUT2D eigenvalue weighted by Crippen LogP contribution is -2.37. The number of benzene rings is 1. The van der Waals surface area contributed by atoms with Crippen molar-refractivity contribution in [2.45, 2.75) is 6.61 Å². The van der Waals surface area contributed by atoms with E-state index in [0.29, 0.717) is 0 Å². The summed E-state index contributed by atoms with van der Waals surface area (Å²) in [6.45, 7) is 3.15. The Morgan fingerprint density at radius 2 is 1.91 bits per heavy atom. The second-order valence-corrected chi connectivity index (χ2v) is 5.51. The van der Waals surface area contributed by atoms with Crippen LogP contribution in [0, 0.1) is 0 Å². The molecule has 1 aliphatic heterocycles. The van der Waals surface area contributed by atoms with Crippen molar-refractivity contribution in [2.75, 3.05) is 31.2 Å². The van der Waals surface area contributed by atoms with E-state index in [1.54, 1.807) is 0 Å². The number of aliphatic hydroxyl groups is 1. The minimum absolute atomic E-state index is 0.00331. The van der Waals surface area contributed by atoms with E-state index in [1.165, 1.54) is 0 Å². The summed E-state index contributed by atoms with van der Waals surface area (Å²) >= 11 is 0. The van der Waals surface area contributed by atoms with Crippen molar-refractivity contribution in [3.63, 3.8) is 0 Å². The molecule has 0 bridgehead atoms. The lowest BCUT2D eigenvalue weighted by atomic mass is 10.0. The van der Waals surface area contributed by atoms with Crippen LogP contribution in [-0.4, -0.2) is 46.0 Å². The fourth-order valence-corrected chi connectivity index (χ4v) is 3.02. The molecule has 0 spiro atoms. The molecule has 1 fully saturated rings. The third-order valence-electron chi connectivity index (χ3n) is 4.19. The number of hydrogen-bond acceptors (Lipinski definition) is 5. The highest BCUT2D eigenvalue weighted by Crippen LogP contribution is 2.29. The van der Waals surface area contributed by atoms with Gasteiger partial charge in [0.2, 0.25) is 0 Å². The molecule has 118 valence electrons. The van der Waals surface area contributed by atoms with Crippen molar-refractivity contribution in [3.8, 4) is 11.1 Å². The van der Waals surface area contributed by atoms with Crippen molar-refractivity contribution in [2.24, 2.45) is 0 Å². The first-order valence-corrected chi connectivity index (χ1v) is 7.73. The molecule has 1 aliphatic rings. The summed E-state index contributed by atoms with van der Waals surface area (Å²) in [7, 11) is 0. The average Bonchev–Trinajstić information content (AvgIpc) is 3.06. The monoisotopic (exact) mass is 310 g/mol. The molecule has 3 aromatic rings. The SMILES string of the molecule is OCc1ccccc1-c1cnn2c(N3CCOCC3)ccnc12. The van der Waals surface area contributed by atoms with E-state index >= 15 is 0 Å². The first-order valence-electron chi connectivity index (χ1n) is 7.73. The lowest BCUT2D eigenvalue weighted by molar-refractivity contribution is 0.122. The molecule has 23 heavy (non-hydrogen) atoms.